The van der Waals surface area contributed by atoms with Gasteiger partial charge in [0.25, 0.3) is 5.75 Å². The number of nitrogens with zero attached hydrogens (tertiary/aromatic N) is 2. The Hall–Kier alpha value is -2.10. The van der Waals surface area contributed by atoms with Crippen molar-refractivity contribution in [1.29, 1.82) is 0 Å². The first kappa shape index (κ1) is 14.0. The van der Waals surface area contributed by atoms with Gasteiger partial charge in [-0.3, -0.25) is 0 Å². The quantitative estimate of drug-likeness (QED) is 0.655. The van der Waals surface area contributed by atoms with Crippen molar-refractivity contribution in [2.75, 3.05) is 7.11 Å². The second-order valence-electron chi connectivity index (χ2n) is 2.93. The molecule has 1 rings (SSSR count). The van der Waals surface area contributed by atoms with Gasteiger partial charge >= 0.3 is 12.2 Å². The molecular weight excluding hydrogens is 261 g/mol. The van der Waals surface area contributed by atoms with E-state index in [4.69, 9.17) is 5.11 Å². The molecule has 0 aliphatic carbocycles. The Bertz CT molecular complexity index is 463. The summed E-state index contributed by atoms with van der Waals surface area (Å²) in [5.74, 6) is -2.72. The van der Waals surface area contributed by atoms with Gasteiger partial charge in [-0.05, 0) is 9.91 Å². The number of pyridine rings is 1. The van der Waals surface area contributed by atoms with Gasteiger partial charge in [0.15, 0.2) is 5.75 Å². The number of nitro groups is 1. The summed E-state index contributed by atoms with van der Waals surface area (Å²) in [5, 5.41) is 19.4. The molecule has 1 heterocycles. The lowest BCUT2D eigenvalue weighted by molar-refractivity contribution is -0.390. The molecule has 0 atom stereocenters. The van der Waals surface area contributed by atoms with Crippen LogP contribution in [0.25, 0.3) is 0 Å². The van der Waals surface area contributed by atoms with E-state index in [0.29, 0.717) is 6.20 Å². The average Bonchev–Trinajstić information content (AvgIpc) is 2.26. The third kappa shape index (κ3) is 2.97. The maximum absolute atomic E-state index is 12.2. The summed E-state index contributed by atoms with van der Waals surface area (Å²) >= 11 is 0. The molecule has 0 aliphatic heterocycles. The van der Waals surface area contributed by atoms with Crippen LogP contribution < -0.4 is 9.47 Å². The van der Waals surface area contributed by atoms with Crippen LogP contribution in [0.5, 0.6) is 11.5 Å². The maximum atomic E-state index is 12.2. The molecule has 0 fully saturated rings. The molecule has 10 heteroatoms. The van der Waals surface area contributed by atoms with Crippen molar-refractivity contribution in [3.63, 3.8) is 0 Å². The van der Waals surface area contributed by atoms with Crippen LogP contribution >= 0.6 is 0 Å². The highest BCUT2D eigenvalue weighted by molar-refractivity contribution is 5.54. The summed E-state index contributed by atoms with van der Waals surface area (Å²) < 4.78 is 44.6. The third-order valence-corrected chi connectivity index (χ3v) is 1.81. The lowest BCUT2D eigenvalue weighted by atomic mass is 10.2. The molecule has 18 heavy (non-hydrogen) atoms. The van der Waals surface area contributed by atoms with Crippen LogP contribution in [-0.2, 0) is 6.61 Å². The number of aliphatic hydroxyl groups is 1. The fraction of sp³-hybridized carbons (Fsp3) is 0.375. The summed E-state index contributed by atoms with van der Waals surface area (Å²) in [5.41, 5.74) is -0.380. The monoisotopic (exact) mass is 268 g/mol. The molecule has 0 spiro atoms. The van der Waals surface area contributed by atoms with E-state index < -0.39 is 35.2 Å². The van der Waals surface area contributed by atoms with Crippen molar-refractivity contribution < 1.29 is 32.7 Å². The molecule has 0 radical (unpaired) electrons. The van der Waals surface area contributed by atoms with Crippen molar-refractivity contribution in [2.24, 2.45) is 0 Å². The minimum Gasteiger partial charge on any atom is -0.486 e. The number of aromatic nitrogens is 1. The molecule has 7 nitrogen and oxygen atoms in total. The van der Waals surface area contributed by atoms with Gasteiger partial charge in [0, 0.05) is 0 Å². The first-order valence-corrected chi connectivity index (χ1v) is 4.37. The van der Waals surface area contributed by atoms with Crippen LogP contribution in [0.3, 0.4) is 0 Å². The minimum atomic E-state index is -5.08. The predicted molar refractivity (Wildman–Crippen MR) is 50.0 cm³/mol. The van der Waals surface area contributed by atoms with Crippen molar-refractivity contribution in [1.82, 2.24) is 4.98 Å². The number of halogens is 3. The highest BCUT2D eigenvalue weighted by Gasteiger charge is 2.36. The van der Waals surface area contributed by atoms with E-state index in [9.17, 15) is 23.3 Å². The molecule has 0 saturated carbocycles. The number of aliphatic hydroxyl groups excluding tert-OH is 1. The zero-order valence-electron chi connectivity index (χ0n) is 8.89. The molecule has 1 aromatic heterocycles. The fourth-order valence-corrected chi connectivity index (χ4v) is 1.16. The van der Waals surface area contributed by atoms with Gasteiger partial charge in [0.1, 0.15) is 6.20 Å². The molecule has 0 bridgehead atoms. The highest BCUT2D eigenvalue weighted by Crippen LogP contribution is 2.40. The predicted octanol–water partition coefficient (Wildman–Crippen LogP) is 1.39. The van der Waals surface area contributed by atoms with E-state index in [1.807, 2.05) is 0 Å². The molecule has 100 valence electrons. The highest BCUT2D eigenvalue weighted by atomic mass is 19.4. The Morgan fingerprint density at radius 2 is 2.11 bits per heavy atom. The van der Waals surface area contributed by atoms with Gasteiger partial charge in [0.2, 0.25) is 0 Å². The van der Waals surface area contributed by atoms with E-state index in [1.165, 1.54) is 0 Å². The lowest BCUT2D eigenvalue weighted by Crippen LogP contribution is -2.19. The lowest BCUT2D eigenvalue weighted by Gasteiger charge is -2.14. The average molecular weight is 268 g/mol. The molecule has 0 unspecified atom stereocenters. The zero-order chi connectivity index (χ0) is 13.9. The fourth-order valence-electron chi connectivity index (χ4n) is 1.16. The Labute approximate surface area is 97.9 Å². The van der Waals surface area contributed by atoms with E-state index in [1.54, 1.807) is 0 Å². The summed E-state index contributed by atoms with van der Waals surface area (Å²) in [6.45, 7) is -0.841. The number of ether oxygens (including phenoxy) is 2. The van der Waals surface area contributed by atoms with Gasteiger partial charge < -0.3 is 24.7 Å². The standard InChI is InChI=1S/C8H7F3N2O5/c1-17-6-5(18-8(9,10)11)4(3-14)2-12-7(6)13(15)16/h2,14H,3H2,1H3. The Morgan fingerprint density at radius 3 is 2.50 bits per heavy atom. The van der Waals surface area contributed by atoms with Crippen molar-refractivity contribution in [2.45, 2.75) is 13.0 Å². The first-order valence-electron chi connectivity index (χ1n) is 4.37. The van der Waals surface area contributed by atoms with Gasteiger partial charge in [-0.25, -0.2) is 0 Å². The SMILES string of the molecule is COc1c([N+](=O)[O-])ncc(CO)c1OC(F)(F)F. The number of alkyl halides is 3. The number of hydrogen-bond donors (Lipinski definition) is 1. The third-order valence-electron chi connectivity index (χ3n) is 1.81. The van der Waals surface area contributed by atoms with Gasteiger partial charge in [-0.2, -0.15) is 0 Å². The molecule has 1 aromatic rings. The summed E-state index contributed by atoms with van der Waals surface area (Å²) in [6.07, 6.45) is -4.37. The van der Waals surface area contributed by atoms with Crippen molar-refractivity contribution in [3.05, 3.63) is 21.9 Å². The second kappa shape index (κ2) is 5.04. The largest absolute Gasteiger partial charge is 0.573 e. The normalized spacial score (nSPS) is 11.2. The van der Waals surface area contributed by atoms with Crippen LogP contribution in [0.1, 0.15) is 5.56 Å². The van der Waals surface area contributed by atoms with Crippen LogP contribution in [0.2, 0.25) is 0 Å². The molecular formula is C8H7F3N2O5. The summed E-state index contributed by atoms with van der Waals surface area (Å²) in [6, 6.07) is 0. The zero-order valence-corrected chi connectivity index (χ0v) is 8.89. The Balaban J connectivity index is 3.41. The molecule has 0 aliphatic rings. The first-order chi connectivity index (χ1) is 8.30. The molecule has 0 saturated heterocycles. The smallest absolute Gasteiger partial charge is 0.486 e. The van der Waals surface area contributed by atoms with E-state index in [0.717, 1.165) is 7.11 Å². The van der Waals surface area contributed by atoms with Crippen LogP contribution in [0.15, 0.2) is 6.20 Å². The maximum Gasteiger partial charge on any atom is 0.573 e. The molecule has 0 aromatic carbocycles. The number of hydrogen-bond acceptors (Lipinski definition) is 6. The van der Waals surface area contributed by atoms with Gasteiger partial charge in [0.05, 0.1) is 19.3 Å². The molecule has 0 amide bonds. The van der Waals surface area contributed by atoms with E-state index in [2.05, 4.69) is 14.5 Å². The van der Waals surface area contributed by atoms with E-state index in [-0.39, 0.29) is 5.56 Å². The topological polar surface area (TPSA) is 94.7 Å². The molecule has 1 N–H and O–H groups in total. The van der Waals surface area contributed by atoms with Gasteiger partial charge in [-0.15, -0.1) is 13.2 Å². The van der Waals surface area contributed by atoms with E-state index >= 15 is 0 Å². The van der Waals surface area contributed by atoms with Crippen LogP contribution in [0, 0.1) is 10.1 Å². The number of rotatable bonds is 4. The van der Waals surface area contributed by atoms with Crippen molar-refractivity contribution >= 4 is 5.82 Å². The Kier molecular flexibility index (Phi) is 3.91. The van der Waals surface area contributed by atoms with Crippen LogP contribution in [-0.4, -0.2) is 28.5 Å². The van der Waals surface area contributed by atoms with Gasteiger partial charge in [-0.1, -0.05) is 0 Å². The second-order valence-corrected chi connectivity index (χ2v) is 2.93. The summed E-state index contributed by atoms with van der Waals surface area (Å²) in [7, 11) is 0.925. The van der Waals surface area contributed by atoms with Crippen molar-refractivity contribution in [3.8, 4) is 11.5 Å². The number of methoxy groups -OCH3 is 1. The Morgan fingerprint density at radius 1 is 1.50 bits per heavy atom. The minimum absolute atomic E-state index is 0.380. The van der Waals surface area contributed by atoms with Crippen LogP contribution in [0.4, 0.5) is 19.0 Å². The summed E-state index contributed by atoms with van der Waals surface area (Å²) in [4.78, 5) is 12.8.